The molecule has 3 aromatic heterocycles. The monoisotopic (exact) mass is 403 g/mol. The molecule has 0 saturated carbocycles. The maximum Gasteiger partial charge on any atom is 0.217 e. The second-order valence-corrected chi connectivity index (χ2v) is 9.32. The van der Waals surface area contributed by atoms with E-state index < -0.39 is 0 Å². The molecular weight excluding hydrogens is 386 g/mol. The van der Waals surface area contributed by atoms with Crippen molar-refractivity contribution in [3.05, 3.63) is 38.7 Å². The summed E-state index contributed by atoms with van der Waals surface area (Å²) in [5, 5.41) is 4.82. The van der Waals surface area contributed by atoms with Crippen LogP contribution in [-0.4, -0.2) is 27.4 Å². The quantitative estimate of drug-likeness (QED) is 0.384. The molecule has 4 rings (SSSR count). The van der Waals surface area contributed by atoms with E-state index in [2.05, 4.69) is 15.3 Å². The van der Waals surface area contributed by atoms with Gasteiger partial charge in [0.1, 0.15) is 16.2 Å². The van der Waals surface area contributed by atoms with Gasteiger partial charge in [-0.2, -0.15) is 0 Å². The Labute approximate surface area is 163 Å². The van der Waals surface area contributed by atoms with Crippen LogP contribution in [0.1, 0.15) is 38.3 Å². The minimum atomic E-state index is -0.0714. The smallest absolute Gasteiger partial charge is 0.217 e. The minimum absolute atomic E-state index is 0.0714. The predicted octanol–water partition coefficient (Wildman–Crippen LogP) is 3.85. The van der Waals surface area contributed by atoms with Crippen LogP contribution in [0.25, 0.3) is 10.2 Å². The van der Waals surface area contributed by atoms with Gasteiger partial charge in [0, 0.05) is 22.1 Å². The Balaban J connectivity index is 1.47. The molecule has 134 valence electrons. The van der Waals surface area contributed by atoms with Crippen molar-refractivity contribution in [2.75, 3.05) is 5.75 Å². The summed E-state index contributed by atoms with van der Waals surface area (Å²) in [5.74, 6) is 0.377. The molecule has 0 spiro atoms. The number of aromatic nitrogens is 2. The molecule has 1 N–H and O–H groups in total. The van der Waals surface area contributed by atoms with Crippen LogP contribution in [0.15, 0.2) is 23.5 Å². The van der Waals surface area contributed by atoms with Crippen LogP contribution >= 0.6 is 34.4 Å². The zero-order valence-electron chi connectivity index (χ0n) is 14.2. The van der Waals surface area contributed by atoms with E-state index in [1.165, 1.54) is 46.9 Å². The van der Waals surface area contributed by atoms with Crippen molar-refractivity contribution in [1.29, 1.82) is 0 Å². The number of fused-ring (bicyclic) bond motifs is 3. The van der Waals surface area contributed by atoms with E-state index in [1.807, 2.05) is 12.1 Å². The lowest BCUT2D eigenvalue weighted by Crippen LogP contribution is -2.18. The maximum absolute atomic E-state index is 12.5. The number of ketones is 1. The van der Waals surface area contributed by atoms with Crippen molar-refractivity contribution in [1.82, 2.24) is 15.3 Å². The molecule has 5 nitrogen and oxygen atoms in total. The zero-order valence-corrected chi connectivity index (χ0v) is 16.7. The number of rotatable bonds is 6. The fourth-order valence-corrected chi connectivity index (χ4v) is 6.23. The van der Waals surface area contributed by atoms with Gasteiger partial charge in [0.05, 0.1) is 17.2 Å². The van der Waals surface area contributed by atoms with Gasteiger partial charge in [-0.25, -0.2) is 9.97 Å². The molecule has 3 aromatic rings. The van der Waals surface area contributed by atoms with Crippen LogP contribution in [0.4, 0.5) is 0 Å². The predicted molar refractivity (Wildman–Crippen MR) is 106 cm³/mol. The lowest BCUT2D eigenvalue weighted by Gasteiger charge is -2.03. The van der Waals surface area contributed by atoms with Crippen LogP contribution in [0.5, 0.6) is 0 Å². The first-order valence-corrected chi connectivity index (χ1v) is 11.0. The van der Waals surface area contributed by atoms with Gasteiger partial charge >= 0.3 is 0 Å². The summed E-state index contributed by atoms with van der Waals surface area (Å²) in [6.07, 6.45) is 5.01. The van der Waals surface area contributed by atoms with Crippen LogP contribution in [-0.2, 0) is 24.2 Å². The van der Waals surface area contributed by atoms with Crippen molar-refractivity contribution < 1.29 is 9.59 Å². The van der Waals surface area contributed by atoms with Gasteiger partial charge in [-0.1, -0.05) is 11.8 Å². The van der Waals surface area contributed by atoms with Crippen molar-refractivity contribution in [2.24, 2.45) is 0 Å². The molecule has 8 heteroatoms. The summed E-state index contributed by atoms with van der Waals surface area (Å²) in [6, 6.07) is 3.73. The van der Waals surface area contributed by atoms with Crippen LogP contribution in [0.2, 0.25) is 0 Å². The first-order valence-electron chi connectivity index (χ1n) is 8.36. The molecule has 0 radical (unpaired) electrons. The summed E-state index contributed by atoms with van der Waals surface area (Å²) < 4.78 is 0. The standard InChI is InChI=1S/C18H17N3O2S3/c1-10(22)19-7-11-5-6-15(25-11)13(23)8-24-17-16-12-3-2-4-14(12)26-18(16)21-9-20-17/h5-6,9H,2-4,7-8H2,1H3,(H,19,22). The van der Waals surface area contributed by atoms with Gasteiger partial charge in [-0.15, -0.1) is 22.7 Å². The van der Waals surface area contributed by atoms with Crippen molar-refractivity contribution in [3.8, 4) is 0 Å². The van der Waals surface area contributed by atoms with Gasteiger partial charge in [0.25, 0.3) is 0 Å². The van der Waals surface area contributed by atoms with Gasteiger partial charge < -0.3 is 5.32 Å². The SMILES string of the molecule is CC(=O)NCc1ccc(C(=O)CSc2ncnc3sc4c(c23)CCC4)s1. The van der Waals surface area contributed by atoms with Gasteiger partial charge in [0.15, 0.2) is 5.78 Å². The third kappa shape index (κ3) is 3.54. The number of carbonyl (C=O) groups excluding carboxylic acids is 2. The minimum Gasteiger partial charge on any atom is -0.351 e. The third-order valence-electron chi connectivity index (χ3n) is 4.25. The first kappa shape index (κ1) is 17.6. The van der Waals surface area contributed by atoms with Gasteiger partial charge in [0.2, 0.25) is 5.91 Å². The number of amides is 1. The summed E-state index contributed by atoms with van der Waals surface area (Å²) >= 11 is 4.69. The number of carbonyl (C=O) groups is 2. The number of hydrogen-bond donors (Lipinski definition) is 1. The van der Waals surface area contributed by atoms with E-state index in [-0.39, 0.29) is 11.7 Å². The second-order valence-electron chi connectivity index (χ2n) is 6.10. The number of thioether (sulfide) groups is 1. The molecular formula is C18H17N3O2S3. The van der Waals surface area contributed by atoms with E-state index >= 15 is 0 Å². The molecule has 0 bridgehead atoms. The van der Waals surface area contributed by atoms with E-state index in [4.69, 9.17) is 0 Å². The number of nitrogens with one attached hydrogen (secondary N) is 1. The van der Waals surface area contributed by atoms with E-state index in [1.54, 1.807) is 17.7 Å². The highest BCUT2D eigenvalue weighted by molar-refractivity contribution is 8.00. The summed E-state index contributed by atoms with van der Waals surface area (Å²) in [4.78, 5) is 36.5. The number of nitrogens with zero attached hydrogens (tertiary/aromatic N) is 2. The highest BCUT2D eigenvalue weighted by Crippen LogP contribution is 2.40. The fraction of sp³-hybridized carbons (Fsp3) is 0.333. The molecule has 3 heterocycles. The highest BCUT2D eigenvalue weighted by atomic mass is 32.2. The molecule has 0 aliphatic heterocycles. The lowest BCUT2D eigenvalue weighted by molar-refractivity contribution is -0.119. The molecule has 1 aliphatic rings. The fourth-order valence-electron chi connectivity index (χ4n) is 3.05. The van der Waals surface area contributed by atoms with Gasteiger partial charge in [-0.3, -0.25) is 9.59 Å². The van der Waals surface area contributed by atoms with Crippen LogP contribution in [0, 0.1) is 0 Å². The Morgan fingerprint density at radius 1 is 1.23 bits per heavy atom. The number of hydrogen-bond acceptors (Lipinski definition) is 7. The van der Waals surface area contributed by atoms with E-state index in [9.17, 15) is 9.59 Å². The molecule has 26 heavy (non-hydrogen) atoms. The number of thiophene rings is 2. The first-order chi connectivity index (χ1) is 12.6. The van der Waals surface area contributed by atoms with Gasteiger partial charge in [-0.05, 0) is 37.0 Å². The highest BCUT2D eigenvalue weighted by Gasteiger charge is 2.22. The Kier molecular flexibility index (Phi) is 5.06. The molecule has 1 aliphatic carbocycles. The molecule has 1 amide bonds. The number of aryl methyl sites for hydroxylation is 2. The molecule has 0 unspecified atom stereocenters. The topological polar surface area (TPSA) is 72.0 Å². The average Bonchev–Trinajstić information content (AvgIpc) is 3.32. The molecule has 0 fully saturated rings. The maximum atomic E-state index is 12.5. The lowest BCUT2D eigenvalue weighted by atomic mass is 10.2. The Morgan fingerprint density at radius 3 is 2.96 bits per heavy atom. The normalized spacial score (nSPS) is 13.1. The Hall–Kier alpha value is -1.77. The van der Waals surface area contributed by atoms with Crippen LogP contribution in [0.3, 0.4) is 0 Å². The Morgan fingerprint density at radius 2 is 2.12 bits per heavy atom. The average molecular weight is 404 g/mol. The summed E-state index contributed by atoms with van der Waals surface area (Å²) in [6.45, 7) is 1.95. The largest absolute Gasteiger partial charge is 0.351 e. The van der Waals surface area contributed by atoms with Crippen LogP contribution < -0.4 is 5.32 Å². The molecule has 0 aromatic carbocycles. The van der Waals surface area contributed by atoms with Crippen molar-refractivity contribution in [2.45, 2.75) is 37.8 Å². The van der Waals surface area contributed by atoms with Crippen molar-refractivity contribution >= 4 is 56.3 Å². The molecule has 0 atom stereocenters. The summed E-state index contributed by atoms with van der Waals surface area (Å²) in [5.41, 5.74) is 1.38. The summed E-state index contributed by atoms with van der Waals surface area (Å²) in [7, 11) is 0. The second kappa shape index (κ2) is 7.46. The van der Waals surface area contributed by atoms with Crippen molar-refractivity contribution in [3.63, 3.8) is 0 Å². The van der Waals surface area contributed by atoms with E-state index in [0.29, 0.717) is 12.3 Å². The number of Topliss-reactive ketones (excluding diaryl/α,β-unsaturated/α-hetero) is 1. The van der Waals surface area contributed by atoms with E-state index in [0.717, 1.165) is 37.8 Å². The zero-order chi connectivity index (χ0) is 18.1. The third-order valence-corrected chi connectivity index (χ3v) is 7.57. The Bertz CT molecular complexity index is 993. The molecule has 0 saturated heterocycles.